The molecule has 0 saturated carbocycles. The van der Waals surface area contributed by atoms with Gasteiger partial charge in [0.15, 0.2) is 6.29 Å². The van der Waals surface area contributed by atoms with Gasteiger partial charge in [0.25, 0.3) is 0 Å². The van der Waals surface area contributed by atoms with Crippen LogP contribution in [0.4, 0.5) is 0 Å². The molecule has 0 unspecified atom stereocenters. The average Bonchev–Trinajstić information content (AvgIpc) is 2.49. The zero-order valence-corrected chi connectivity index (χ0v) is 6.56. The van der Waals surface area contributed by atoms with Crippen molar-refractivity contribution < 1.29 is 4.79 Å². The van der Waals surface area contributed by atoms with E-state index in [4.69, 9.17) is 0 Å². The molecule has 0 N–H and O–H groups in total. The van der Waals surface area contributed by atoms with Crippen LogP contribution in [-0.2, 0) is 0 Å². The van der Waals surface area contributed by atoms with Crippen molar-refractivity contribution in [2.24, 2.45) is 0 Å². The van der Waals surface area contributed by atoms with Crippen LogP contribution in [0, 0.1) is 6.92 Å². The lowest BCUT2D eigenvalue weighted by Gasteiger charge is -1.97. The first-order valence-corrected chi connectivity index (χ1v) is 3.57. The predicted octanol–water partition coefficient (Wildman–Crippen LogP) is 0.850. The van der Waals surface area contributed by atoms with Gasteiger partial charge in [-0.05, 0) is 13.0 Å². The molecule has 0 spiro atoms. The second-order valence-electron chi connectivity index (χ2n) is 2.52. The molecule has 0 radical (unpaired) electrons. The van der Waals surface area contributed by atoms with Gasteiger partial charge in [-0.2, -0.15) is 0 Å². The maximum absolute atomic E-state index is 10.5. The Hall–Kier alpha value is -1.71. The van der Waals surface area contributed by atoms with Crippen LogP contribution in [0.15, 0.2) is 18.5 Å². The number of imidazole rings is 1. The van der Waals surface area contributed by atoms with Gasteiger partial charge in [-0.1, -0.05) is 0 Å². The van der Waals surface area contributed by atoms with Gasteiger partial charge in [0.2, 0.25) is 5.78 Å². The Balaban J connectivity index is 2.91. The van der Waals surface area contributed by atoms with E-state index in [1.807, 2.05) is 13.0 Å². The fourth-order valence-corrected chi connectivity index (χ4v) is 1.18. The smallest absolute Gasteiger partial charge is 0.234 e. The van der Waals surface area contributed by atoms with Crippen LogP contribution in [0.5, 0.6) is 0 Å². The second kappa shape index (κ2) is 2.41. The molecule has 0 bridgehead atoms. The SMILES string of the molecule is Cc1ccnc2ncc(C=O)n12. The fourth-order valence-electron chi connectivity index (χ4n) is 1.18. The second-order valence-corrected chi connectivity index (χ2v) is 2.52. The summed E-state index contributed by atoms with van der Waals surface area (Å²) in [6.45, 7) is 1.91. The monoisotopic (exact) mass is 161 g/mol. The van der Waals surface area contributed by atoms with Gasteiger partial charge in [0.05, 0.1) is 6.20 Å². The molecule has 0 aromatic carbocycles. The minimum atomic E-state index is 0.538. The van der Waals surface area contributed by atoms with Crippen molar-refractivity contribution in [3.63, 3.8) is 0 Å². The van der Waals surface area contributed by atoms with E-state index in [0.717, 1.165) is 12.0 Å². The van der Waals surface area contributed by atoms with Crippen molar-refractivity contribution >= 4 is 12.1 Å². The summed E-state index contributed by atoms with van der Waals surface area (Å²) >= 11 is 0. The van der Waals surface area contributed by atoms with Gasteiger partial charge in [-0.3, -0.25) is 9.20 Å². The van der Waals surface area contributed by atoms with E-state index in [1.165, 1.54) is 6.20 Å². The number of hydrogen-bond donors (Lipinski definition) is 0. The molecule has 0 aliphatic carbocycles. The van der Waals surface area contributed by atoms with Gasteiger partial charge in [-0.25, -0.2) is 9.97 Å². The van der Waals surface area contributed by atoms with Crippen molar-refractivity contribution in [2.75, 3.05) is 0 Å². The van der Waals surface area contributed by atoms with Crippen LogP contribution in [0.2, 0.25) is 0 Å². The minimum absolute atomic E-state index is 0.538. The number of aromatic nitrogens is 3. The molecular formula is C8H7N3O. The van der Waals surface area contributed by atoms with Crippen molar-refractivity contribution in [1.82, 2.24) is 14.4 Å². The molecule has 4 heteroatoms. The molecule has 2 aromatic rings. The number of aryl methyl sites for hydroxylation is 1. The summed E-state index contributed by atoms with van der Waals surface area (Å²) in [6.07, 6.45) is 3.96. The minimum Gasteiger partial charge on any atom is -0.296 e. The lowest BCUT2D eigenvalue weighted by molar-refractivity contribution is 0.111. The van der Waals surface area contributed by atoms with Gasteiger partial charge >= 0.3 is 0 Å². The van der Waals surface area contributed by atoms with Crippen LogP contribution < -0.4 is 0 Å². The molecule has 0 atom stereocenters. The van der Waals surface area contributed by atoms with Crippen LogP contribution in [0.25, 0.3) is 5.78 Å². The largest absolute Gasteiger partial charge is 0.296 e. The van der Waals surface area contributed by atoms with Crippen molar-refractivity contribution in [3.05, 3.63) is 29.8 Å². The van der Waals surface area contributed by atoms with Crippen LogP contribution >= 0.6 is 0 Å². The maximum Gasteiger partial charge on any atom is 0.234 e. The predicted molar refractivity (Wildman–Crippen MR) is 43.1 cm³/mol. The van der Waals surface area contributed by atoms with E-state index in [-0.39, 0.29) is 0 Å². The number of fused-ring (bicyclic) bond motifs is 1. The van der Waals surface area contributed by atoms with E-state index >= 15 is 0 Å². The summed E-state index contributed by atoms with van der Waals surface area (Å²) in [4.78, 5) is 18.5. The molecule has 12 heavy (non-hydrogen) atoms. The first kappa shape index (κ1) is 6.97. The van der Waals surface area contributed by atoms with Crippen molar-refractivity contribution in [1.29, 1.82) is 0 Å². The van der Waals surface area contributed by atoms with Crippen LogP contribution in [0.3, 0.4) is 0 Å². The Labute approximate surface area is 68.9 Å². The molecule has 0 aliphatic rings. The maximum atomic E-state index is 10.5. The van der Waals surface area contributed by atoms with E-state index in [0.29, 0.717) is 11.5 Å². The van der Waals surface area contributed by atoms with Gasteiger partial charge in [0, 0.05) is 11.9 Å². The molecule has 4 nitrogen and oxygen atoms in total. The van der Waals surface area contributed by atoms with Crippen LogP contribution in [-0.4, -0.2) is 20.7 Å². The lowest BCUT2D eigenvalue weighted by atomic mass is 10.4. The highest BCUT2D eigenvalue weighted by molar-refractivity contribution is 5.73. The molecule has 2 heterocycles. The zero-order chi connectivity index (χ0) is 8.55. The van der Waals surface area contributed by atoms with Gasteiger partial charge < -0.3 is 0 Å². The standard InChI is InChI=1S/C8H7N3O/c1-6-2-3-9-8-10-4-7(5-12)11(6)8/h2-5H,1H3. The third-order valence-electron chi connectivity index (χ3n) is 1.75. The normalized spacial score (nSPS) is 10.4. The van der Waals surface area contributed by atoms with Gasteiger partial charge in [0.1, 0.15) is 5.69 Å². The Kier molecular flexibility index (Phi) is 1.40. The molecule has 2 aromatic heterocycles. The van der Waals surface area contributed by atoms with E-state index in [1.54, 1.807) is 10.6 Å². The summed E-state index contributed by atoms with van der Waals surface area (Å²) in [6, 6.07) is 1.84. The summed E-state index contributed by atoms with van der Waals surface area (Å²) < 4.78 is 1.72. The molecule has 0 aliphatic heterocycles. The highest BCUT2D eigenvalue weighted by atomic mass is 16.1. The Morgan fingerprint density at radius 2 is 2.33 bits per heavy atom. The number of rotatable bonds is 1. The third-order valence-corrected chi connectivity index (χ3v) is 1.75. The van der Waals surface area contributed by atoms with Crippen molar-refractivity contribution in [2.45, 2.75) is 6.92 Å². The van der Waals surface area contributed by atoms with Gasteiger partial charge in [-0.15, -0.1) is 0 Å². The number of nitrogens with zero attached hydrogens (tertiary/aromatic N) is 3. The van der Waals surface area contributed by atoms with E-state index in [9.17, 15) is 4.79 Å². The number of aldehydes is 1. The van der Waals surface area contributed by atoms with Crippen LogP contribution in [0.1, 0.15) is 16.2 Å². The Bertz CT molecular complexity index is 433. The summed E-state index contributed by atoms with van der Waals surface area (Å²) in [5.41, 5.74) is 1.50. The number of carbonyl (C=O) groups excluding carboxylic acids is 1. The third kappa shape index (κ3) is 0.812. The first-order valence-electron chi connectivity index (χ1n) is 3.57. The summed E-state index contributed by atoms with van der Waals surface area (Å²) in [5, 5.41) is 0. The highest BCUT2D eigenvalue weighted by Gasteiger charge is 2.03. The molecular weight excluding hydrogens is 154 g/mol. The summed E-state index contributed by atoms with van der Waals surface area (Å²) in [5.74, 6) is 0.567. The molecule has 0 fully saturated rings. The number of carbonyl (C=O) groups is 1. The molecule has 0 saturated heterocycles. The highest BCUT2D eigenvalue weighted by Crippen LogP contribution is 2.04. The quantitative estimate of drug-likeness (QED) is 0.582. The Morgan fingerprint density at radius 3 is 3.08 bits per heavy atom. The molecule has 60 valence electrons. The average molecular weight is 161 g/mol. The molecule has 0 amide bonds. The van der Waals surface area contributed by atoms with Crippen molar-refractivity contribution in [3.8, 4) is 0 Å². The van der Waals surface area contributed by atoms with E-state index in [2.05, 4.69) is 9.97 Å². The first-order chi connectivity index (χ1) is 5.83. The topological polar surface area (TPSA) is 47.3 Å². The number of hydrogen-bond acceptors (Lipinski definition) is 3. The van der Waals surface area contributed by atoms with E-state index < -0.39 is 0 Å². The fraction of sp³-hybridized carbons (Fsp3) is 0.125. The lowest BCUT2D eigenvalue weighted by Crippen LogP contribution is -1.96. The Morgan fingerprint density at radius 1 is 1.50 bits per heavy atom. The molecule has 2 rings (SSSR count). The summed E-state index contributed by atoms with van der Waals surface area (Å²) in [7, 11) is 0. The zero-order valence-electron chi connectivity index (χ0n) is 6.56.